The molecule has 0 amide bonds. The van der Waals surface area contributed by atoms with Crippen LogP contribution < -0.4 is 5.32 Å². The van der Waals surface area contributed by atoms with Crippen LogP contribution in [0.15, 0.2) is 18.2 Å². The van der Waals surface area contributed by atoms with E-state index in [0.29, 0.717) is 0 Å². The minimum atomic E-state index is 0.727. The fraction of sp³-hybridized carbons (Fsp3) is 0.700. The van der Waals surface area contributed by atoms with E-state index >= 15 is 0 Å². The Bertz CT molecular complexity index is 489. The van der Waals surface area contributed by atoms with Crippen LogP contribution in [-0.2, 0) is 12.8 Å². The van der Waals surface area contributed by atoms with Gasteiger partial charge in [-0.15, -0.1) is 0 Å². The fourth-order valence-electron chi connectivity index (χ4n) is 5.14. The SMILES string of the molecule is c1cc2c(c(NC3CCC4(CCCC4)CC3)c1)CCCC2. The predicted octanol–water partition coefficient (Wildman–Crippen LogP) is 5.48. The molecule has 0 aromatic heterocycles. The number of rotatable bonds is 2. The van der Waals surface area contributed by atoms with Crippen molar-refractivity contribution in [2.45, 2.75) is 83.1 Å². The molecule has 0 heterocycles. The summed E-state index contributed by atoms with van der Waals surface area (Å²) in [5.41, 5.74) is 5.45. The van der Waals surface area contributed by atoms with Crippen molar-refractivity contribution in [3.63, 3.8) is 0 Å². The van der Waals surface area contributed by atoms with Gasteiger partial charge in [-0.05, 0) is 86.8 Å². The van der Waals surface area contributed by atoms with E-state index in [4.69, 9.17) is 0 Å². The highest BCUT2D eigenvalue weighted by Gasteiger charge is 2.37. The lowest BCUT2D eigenvalue weighted by Crippen LogP contribution is -2.32. The molecule has 114 valence electrons. The van der Waals surface area contributed by atoms with Gasteiger partial charge in [0.2, 0.25) is 0 Å². The van der Waals surface area contributed by atoms with E-state index in [1.165, 1.54) is 82.7 Å². The quantitative estimate of drug-likeness (QED) is 0.757. The largest absolute Gasteiger partial charge is 0.382 e. The molecule has 1 heteroatoms. The Labute approximate surface area is 129 Å². The van der Waals surface area contributed by atoms with E-state index < -0.39 is 0 Å². The Morgan fingerprint density at radius 1 is 0.857 bits per heavy atom. The van der Waals surface area contributed by atoms with E-state index in [-0.39, 0.29) is 0 Å². The molecule has 0 bridgehead atoms. The molecule has 1 N–H and O–H groups in total. The second-order valence-corrected chi connectivity index (χ2v) is 7.78. The van der Waals surface area contributed by atoms with Crippen LogP contribution in [0.5, 0.6) is 0 Å². The van der Waals surface area contributed by atoms with Crippen molar-refractivity contribution in [2.75, 3.05) is 5.32 Å². The van der Waals surface area contributed by atoms with Gasteiger partial charge in [-0.2, -0.15) is 0 Å². The highest BCUT2D eigenvalue weighted by Crippen LogP contribution is 2.49. The highest BCUT2D eigenvalue weighted by molar-refractivity contribution is 5.56. The number of anilines is 1. The summed E-state index contributed by atoms with van der Waals surface area (Å²) < 4.78 is 0. The van der Waals surface area contributed by atoms with Gasteiger partial charge in [0, 0.05) is 11.7 Å². The zero-order chi connectivity index (χ0) is 14.1. The second kappa shape index (κ2) is 5.66. The lowest BCUT2D eigenvalue weighted by Gasteiger charge is -2.38. The van der Waals surface area contributed by atoms with Crippen LogP contribution in [0.3, 0.4) is 0 Å². The lowest BCUT2D eigenvalue weighted by molar-refractivity contribution is 0.188. The van der Waals surface area contributed by atoms with Crippen molar-refractivity contribution < 1.29 is 0 Å². The summed E-state index contributed by atoms with van der Waals surface area (Å²) in [6.45, 7) is 0. The van der Waals surface area contributed by atoms with Gasteiger partial charge in [0.15, 0.2) is 0 Å². The maximum atomic E-state index is 3.92. The van der Waals surface area contributed by atoms with Gasteiger partial charge in [-0.25, -0.2) is 0 Å². The van der Waals surface area contributed by atoms with Gasteiger partial charge in [0.05, 0.1) is 0 Å². The normalized spacial score (nSPS) is 25.0. The van der Waals surface area contributed by atoms with E-state index in [1.54, 1.807) is 11.1 Å². The summed E-state index contributed by atoms with van der Waals surface area (Å²) in [6, 6.07) is 7.65. The Hall–Kier alpha value is -0.980. The molecule has 4 rings (SSSR count). The number of aryl methyl sites for hydroxylation is 1. The Balaban J connectivity index is 1.43. The van der Waals surface area contributed by atoms with Gasteiger partial charge < -0.3 is 5.32 Å². The molecular formula is C20H29N. The summed E-state index contributed by atoms with van der Waals surface area (Å²) in [4.78, 5) is 0. The molecule has 0 saturated heterocycles. The molecule has 2 saturated carbocycles. The molecule has 0 unspecified atom stereocenters. The van der Waals surface area contributed by atoms with Gasteiger partial charge in [0.25, 0.3) is 0 Å². The number of nitrogens with one attached hydrogen (secondary N) is 1. The first kappa shape index (κ1) is 13.7. The first-order valence-corrected chi connectivity index (χ1v) is 9.22. The third kappa shape index (κ3) is 2.72. The Morgan fingerprint density at radius 2 is 1.62 bits per heavy atom. The van der Waals surface area contributed by atoms with Crippen LogP contribution >= 0.6 is 0 Å². The Kier molecular flexibility index (Phi) is 3.69. The van der Waals surface area contributed by atoms with E-state index in [1.807, 2.05) is 0 Å². The second-order valence-electron chi connectivity index (χ2n) is 7.78. The topological polar surface area (TPSA) is 12.0 Å². The molecular weight excluding hydrogens is 254 g/mol. The minimum Gasteiger partial charge on any atom is -0.382 e. The molecule has 1 spiro atoms. The third-order valence-corrected chi connectivity index (χ3v) is 6.47. The molecule has 3 aliphatic carbocycles. The third-order valence-electron chi connectivity index (χ3n) is 6.47. The first-order chi connectivity index (χ1) is 10.3. The molecule has 1 aromatic rings. The number of benzene rings is 1. The summed E-state index contributed by atoms with van der Waals surface area (Å²) in [5.74, 6) is 0. The van der Waals surface area contributed by atoms with Crippen LogP contribution in [0.1, 0.15) is 75.3 Å². The maximum absolute atomic E-state index is 3.92. The average molecular weight is 283 g/mol. The number of hydrogen-bond acceptors (Lipinski definition) is 1. The van der Waals surface area contributed by atoms with Crippen LogP contribution in [-0.4, -0.2) is 6.04 Å². The van der Waals surface area contributed by atoms with E-state index in [0.717, 1.165) is 11.5 Å². The van der Waals surface area contributed by atoms with Gasteiger partial charge in [0.1, 0.15) is 0 Å². The number of hydrogen-bond donors (Lipinski definition) is 1. The van der Waals surface area contributed by atoms with Crippen LogP contribution in [0.2, 0.25) is 0 Å². The van der Waals surface area contributed by atoms with Crippen molar-refractivity contribution in [3.8, 4) is 0 Å². The zero-order valence-corrected chi connectivity index (χ0v) is 13.3. The predicted molar refractivity (Wildman–Crippen MR) is 89.9 cm³/mol. The van der Waals surface area contributed by atoms with E-state index in [2.05, 4.69) is 23.5 Å². The molecule has 0 atom stereocenters. The molecule has 1 nitrogen and oxygen atoms in total. The minimum absolute atomic E-state index is 0.727. The molecule has 2 fully saturated rings. The maximum Gasteiger partial charge on any atom is 0.0377 e. The van der Waals surface area contributed by atoms with Crippen LogP contribution in [0.25, 0.3) is 0 Å². The zero-order valence-electron chi connectivity index (χ0n) is 13.3. The fourth-order valence-corrected chi connectivity index (χ4v) is 5.14. The van der Waals surface area contributed by atoms with Crippen molar-refractivity contribution in [3.05, 3.63) is 29.3 Å². The standard InChI is InChI=1S/C20H29N/c1-2-8-18-16(6-1)7-5-9-19(18)21-17-10-14-20(15-11-17)12-3-4-13-20/h5,7,9,17,21H,1-4,6,8,10-15H2. The Morgan fingerprint density at radius 3 is 2.43 bits per heavy atom. The van der Waals surface area contributed by atoms with Crippen molar-refractivity contribution in [1.29, 1.82) is 0 Å². The van der Waals surface area contributed by atoms with Crippen LogP contribution in [0.4, 0.5) is 5.69 Å². The average Bonchev–Trinajstić information content (AvgIpc) is 2.99. The lowest BCUT2D eigenvalue weighted by atomic mass is 9.71. The molecule has 0 radical (unpaired) electrons. The summed E-state index contributed by atoms with van der Waals surface area (Å²) >= 11 is 0. The van der Waals surface area contributed by atoms with Gasteiger partial charge in [-0.1, -0.05) is 25.0 Å². The molecule has 0 aliphatic heterocycles. The highest BCUT2D eigenvalue weighted by atomic mass is 14.9. The van der Waals surface area contributed by atoms with E-state index in [9.17, 15) is 0 Å². The van der Waals surface area contributed by atoms with Gasteiger partial charge in [-0.3, -0.25) is 0 Å². The van der Waals surface area contributed by atoms with Crippen molar-refractivity contribution >= 4 is 5.69 Å². The monoisotopic (exact) mass is 283 g/mol. The molecule has 3 aliphatic rings. The smallest absolute Gasteiger partial charge is 0.0377 e. The summed E-state index contributed by atoms with van der Waals surface area (Å²) in [7, 11) is 0. The summed E-state index contributed by atoms with van der Waals surface area (Å²) in [5, 5.41) is 3.92. The summed E-state index contributed by atoms with van der Waals surface area (Å²) in [6.07, 6.45) is 17.1. The number of fused-ring (bicyclic) bond motifs is 1. The van der Waals surface area contributed by atoms with Gasteiger partial charge >= 0.3 is 0 Å². The van der Waals surface area contributed by atoms with Crippen molar-refractivity contribution in [1.82, 2.24) is 0 Å². The molecule has 21 heavy (non-hydrogen) atoms. The molecule has 1 aromatic carbocycles. The first-order valence-electron chi connectivity index (χ1n) is 9.22. The van der Waals surface area contributed by atoms with Crippen molar-refractivity contribution in [2.24, 2.45) is 5.41 Å². The van der Waals surface area contributed by atoms with Crippen LogP contribution in [0, 0.1) is 5.41 Å².